The highest BCUT2D eigenvalue weighted by atomic mass is 16.5. The minimum atomic E-state index is 0.219. The summed E-state index contributed by atoms with van der Waals surface area (Å²) < 4.78 is 17.1. The largest absolute Gasteiger partial charge is 0.381 e. The molecule has 7 nitrogen and oxygen atoms in total. The minimum Gasteiger partial charge on any atom is -0.381 e. The van der Waals surface area contributed by atoms with Crippen LogP contribution in [-0.2, 0) is 14.2 Å². The number of morpholine rings is 1. The fraction of sp³-hybridized carbons (Fsp3) is 0.947. The summed E-state index contributed by atoms with van der Waals surface area (Å²) in [6, 6.07) is 0.650. The van der Waals surface area contributed by atoms with Crippen molar-refractivity contribution in [3.8, 4) is 0 Å². The summed E-state index contributed by atoms with van der Waals surface area (Å²) in [5.41, 5.74) is 0. The molecule has 0 aromatic heterocycles. The lowest BCUT2D eigenvalue weighted by molar-refractivity contribution is -0.0432. The van der Waals surface area contributed by atoms with Gasteiger partial charge in [0.15, 0.2) is 5.96 Å². The van der Waals surface area contributed by atoms with Crippen LogP contribution < -0.4 is 10.6 Å². The molecule has 3 rings (SSSR count). The summed E-state index contributed by atoms with van der Waals surface area (Å²) in [7, 11) is 0. The lowest BCUT2D eigenvalue weighted by atomic mass is 10.1. The molecule has 3 saturated heterocycles. The van der Waals surface area contributed by atoms with Crippen LogP contribution >= 0.6 is 0 Å². The number of hydrogen-bond donors (Lipinski definition) is 2. The van der Waals surface area contributed by atoms with Crippen molar-refractivity contribution in [3.05, 3.63) is 0 Å². The highest BCUT2D eigenvalue weighted by Gasteiger charge is 2.31. The molecule has 3 unspecified atom stereocenters. The van der Waals surface area contributed by atoms with E-state index in [1.54, 1.807) is 0 Å². The Hall–Kier alpha value is -0.890. The Morgan fingerprint density at radius 2 is 2.23 bits per heavy atom. The Labute approximate surface area is 157 Å². The number of nitrogens with zero attached hydrogens (tertiary/aromatic N) is 2. The smallest absolute Gasteiger partial charge is 0.191 e. The Bertz CT molecular complexity index is 429. The first-order valence-electron chi connectivity index (χ1n) is 10.4. The zero-order chi connectivity index (χ0) is 18.0. The van der Waals surface area contributed by atoms with Gasteiger partial charge in [-0.15, -0.1) is 0 Å². The molecule has 0 aromatic carbocycles. The van der Waals surface area contributed by atoms with Gasteiger partial charge >= 0.3 is 0 Å². The van der Waals surface area contributed by atoms with Gasteiger partial charge in [0.2, 0.25) is 0 Å². The van der Waals surface area contributed by atoms with E-state index < -0.39 is 0 Å². The normalized spacial score (nSPS) is 29.7. The maximum Gasteiger partial charge on any atom is 0.191 e. The third-order valence-corrected chi connectivity index (χ3v) is 5.39. The topological polar surface area (TPSA) is 67.4 Å². The molecule has 150 valence electrons. The lowest BCUT2D eigenvalue weighted by Crippen LogP contribution is -2.47. The summed E-state index contributed by atoms with van der Waals surface area (Å²) in [6.45, 7) is 11.0. The second kappa shape index (κ2) is 11.1. The van der Waals surface area contributed by atoms with E-state index in [1.807, 2.05) is 0 Å². The maximum absolute atomic E-state index is 5.99. The van der Waals surface area contributed by atoms with E-state index in [1.165, 1.54) is 19.4 Å². The maximum atomic E-state index is 5.99. The third-order valence-electron chi connectivity index (χ3n) is 5.39. The van der Waals surface area contributed by atoms with Gasteiger partial charge in [-0.1, -0.05) is 0 Å². The number of nitrogens with one attached hydrogen (secondary N) is 2. The second-order valence-electron chi connectivity index (χ2n) is 7.55. The van der Waals surface area contributed by atoms with E-state index in [0.717, 1.165) is 78.0 Å². The summed E-state index contributed by atoms with van der Waals surface area (Å²) in [6.07, 6.45) is 4.93. The van der Waals surface area contributed by atoms with Gasteiger partial charge in [0, 0.05) is 44.8 Å². The van der Waals surface area contributed by atoms with Crippen LogP contribution in [-0.4, -0.2) is 88.8 Å². The summed E-state index contributed by atoms with van der Waals surface area (Å²) in [4.78, 5) is 7.28. The van der Waals surface area contributed by atoms with Crippen LogP contribution in [0.15, 0.2) is 4.99 Å². The monoisotopic (exact) mass is 368 g/mol. The zero-order valence-electron chi connectivity index (χ0n) is 16.3. The number of fused-ring (bicyclic) bond motifs is 1. The molecule has 0 saturated carbocycles. The number of aliphatic imine (C=N–C) groups is 1. The molecule has 2 N–H and O–H groups in total. The number of guanidine groups is 1. The van der Waals surface area contributed by atoms with Crippen molar-refractivity contribution in [1.82, 2.24) is 15.5 Å². The standard InChI is InChI=1S/C19H36N4O3/c1-2-20-19(21-7-4-9-24-13-16-6-10-25-14-16)22-11-18-12-23-8-3-5-17(23)15-26-18/h16-18H,2-15H2,1H3,(H2,20,21,22). The number of hydrogen-bond acceptors (Lipinski definition) is 5. The number of rotatable bonds is 9. The first kappa shape index (κ1) is 19.9. The fourth-order valence-electron chi connectivity index (χ4n) is 3.88. The molecule has 0 spiro atoms. The molecule has 0 aromatic rings. The molecule has 0 amide bonds. The Morgan fingerprint density at radius 1 is 1.27 bits per heavy atom. The van der Waals surface area contributed by atoms with Crippen molar-refractivity contribution in [1.29, 1.82) is 0 Å². The number of ether oxygens (including phenoxy) is 3. The molecule has 0 radical (unpaired) electrons. The highest BCUT2D eigenvalue weighted by molar-refractivity contribution is 5.79. The van der Waals surface area contributed by atoms with Gasteiger partial charge in [0.05, 0.1) is 32.5 Å². The predicted molar refractivity (Wildman–Crippen MR) is 103 cm³/mol. The predicted octanol–water partition coefficient (Wildman–Crippen LogP) is 0.848. The highest BCUT2D eigenvalue weighted by Crippen LogP contribution is 2.22. The third kappa shape index (κ3) is 6.37. The molecule has 26 heavy (non-hydrogen) atoms. The van der Waals surface area contributed by atoms with Crippen molar-refractivity contribution in [2.75, 3.05) is 65.8 Å². The van der Waals surface area contributed by atoms with E-state index in [-0.39, 0.29) is 6.10 Å². The average molecular weight is 369 g/mol. The van der Waals surface area contributed by atoms with Crippen molar-refractivity contribution in [3.63, 3.8) is 0 Å². The summed E-state index contributed by atoms with van der Waals surface area (Å²) in [5.74, 6) is 1.47. The van der Waals surface area contributed by atoms with Gasteiger partial charge in [-0.25, -0.2) is 0 Å². The second-order valence-corrected chi connectivity index (χ2v) is 7.55. The van der Waals surface area contributed by atoms with Crippen LogP contribution in [0.2, 0.25) is 0 Å². The van der Waals surface area contributed by atoms with Crippen LogP contribution in [0.1, 0.15) is 32.6 Å². The summed E-state index contributed by atoms with van der Waals surface area (Å²) in [5, 5.41) is 6.72. The van der Waals surface area contributed by atoms with E-state index in [9.17, 15) is 0 Å². The van der Waals surface area contributed by atoms with Crippen LogP contribution in [0.25, 0.3) is 0 Å². The van der Waals surface area contributed by atoms with E-state index in [2.05, 4.69) is 22.5 Å². The Balaban J connectivity index is 1.29. The van der Waals surface area contributed by atoms with Crippen molar-refractivity contribution in [2.24, 2.45) is 10.9 Å². The van der Waals surface area contributed by atoms with Gasteiger partial charge in [-0.05, 0) is 39.2 Å². The molecule has 0 aliphatic carbocycles. The van der Waals surface area contributed by atoms with Gasteiger partial charge < -0.3 is 24.8 Å². The van der Waals surface area contributed by atoms with Gasteiger partial charge in [-0.2, -0.15) is 0 Å². The van der Waals surface area contributed by atoms with Crippen molar-refractivity contribution < 1.29 is 14.2 Å². The molecular weight excluding hydrogens is 332 g/mol. The molecule has 3 aliphatic rings. The van der Waals surface area contributed by atoms with E-state index in [0.29, 0.717) is 12.0 Å². The average Bonchev–Trinajstić information content (AvgIpc) is 3.33. The molecule has 3 heterocycles. The Kier molecular flexibility index (Phi) is 8.45. The van der Waals surface area contributed by atoms with Crippen LogP contribution in [0.4, 0.5) is 0 Å². The first-order chi connectivity index (χ1) is 12.8. The molecule has 0 bridgehead atoms. The van der Waals surface area contributed by atoms with Crippen LogP contribution in [0, 0.1) is 5.92 Å². The molecule has 7 heteroatoms. The fourth-order valence-corrected chi connectivity index (χ4v) is 3.88. The molecular formula is C19H36N4O3. The quantitative estimate of drug-likeness (QED) is 0.357. The van der Waals surface area contributed by atoms with Crippen molar-refractivity contribution >= 4 is 5.96 Å². The van der Waals surface area contributed by atoms with Gasteiger partial charge in [-0.3, -0.25) is 9.89 Å². The van der Waals surface area contributed by atoms with Crippen LogP contribution in [0.3, 0.4) is 0 Å². The van der Waals surface area contributed by atoms with Crippen LogP contribution in [0.5, 0.6) is 0 Å². The lowest BCUT2D eigenvalue weighted by Gasteiger charge is -2.34. The Morgan fingerprint density at radius 3 is 3.08 bits per heavy atom. The SMILES string of the molecule is CCNC(=NCC1CN2CCCC2CO1)NCCCOCC1CCOC1. The molecule has 3 fully saturated rings. The minimum absolute atomic E-state index is 0.219. The zero-order valence-corrected chi connectivity index (χ0v) is 16.3. The van der Waals surface area contributed by atoms with Crippen molar-refractivity contribution in [2.45, 2.75) is 44.8 Å². The first-order valence-corrected chi connectivity index (χ1v) is 10.4. The molecule has 3 atom stereocenters. The summed E-state index contributed by atoms with van der Waals surface area (Å²) >= 11 is 0. The molecule has 3 aliphatic heterocycles. The van der Waals surface area contributed by atoms with E-state index in [4.69, 9.17) is 19.2 Å². The van der Waals surface area contributed by atoms with Gasteiger partial charge in [0.1, 0.15) is 0 Å². The van der Waals surface area contributed by atoms with Gasteiger partial charge in [0.25, 0.3) is 0 Å². The van der Waals surface area contributed by atoms with E-state index >= 15 is 0 Å².